The molecule has 37 heavy (non-hydrogen) atoms. The van der Waals surface area contributed by atoms with Crippen LogP contribution in [0.4, 0.5) is 0 Å². The van der Waals surface area contributed by atoms with Gasteiger partial charge in [-0.3, -0.25) is 24.1 Å². The standard InChI is InChI=1S/C27H44N4O5S/c1-9-17(4)24(29-25(34)21-12-10-11-13-30(21)7)27(35)31(8)22(16(2)3)14-23(36-19(6)33)26-28-20(15-37-26)18(5)32/h15-17,21-24H,9-14H2,1-8H3,(H,29,34)/t17-,21+,22+,23+,24-/m0/s1. The molecule has 5 atom stereocenters. The summed E-state index contributed by atoms with van der Waals surface area (Å²) in [5, 5.41) is 5.25. The van der Waals surface area contributed by atoms with Gasteiger partial charge in [-0.2, -0.15) is 0 Å². The molecule has 0 unspecified atom stereocenters. The molecule has 10 heteroatoms. The van der Waals surface area contributed by atoms with Gasteiger partial charge in [0.1, 0.15) is 16.7 Å². The van der Waals surface area contributed by atoms with Gasteiger partial charge in [0.05, 0.1) is 6.04 Å². The maximum absolute atomic E-state index is 13.9. The highest BCUT2D eigenvalue weighted by Crippen LogP contribution is 2.31. The summed E-state index contributed by atoms with van der Waals surface area (Å²) in [6.07, 6.45) is 3.24. The minimum absolute atomic E-state index is 0.0389. The molecule has 0 bridgehead atoms. The number of ether oxygens (including phenoxy) is 1. The number of carbonyl (C=O) groups is 4. The van der Waals surface area contributed by atoms with Crippen molar-refractivity contribution in [1.29, 1.82) is 0 Å². The Hall–Kier alpha value is -2.33. The fourth-order valence-electron chi connectivity index (χ4n) is 4.82. The number of carbonyl (C=O) groups excluding carboxylic acids is 4. The first-order chi connectivity index (χ1) is 17.4. The molecular weight excluding hydrogens is 492 g/mol. The fourth-order valence-corrected chi connectivity index (χ4v) is 5.71. The highest BCUT2D eigenvalue weighted by molar-refractivity contribution is 7.09. The van der Waals surface area contributed by atoms with Crippen molar-refractivity contribution in [3.63, 3.8) is 0 Å². The van der Waals surface area contributed by atoms with E-state index in [9.17, 15) is 19.2 Å². The number of piperidine rings is 1. The Kier molecular flexibility index (Phi) is 11.7. The number of likely N-dealkylation sites (tertiary alicyclic amines) is 1. The van der Waals surface area contributed by atoms with Crippen LogP contribution in [0.25, 0.3) is 0 Å². The van der Waals surface area contributed by atoms with Crippen LogP contribution in [0.15, 0.2) is 5.38 Å². The summed E-state index contributed by atoms with van der Waals surface area (Å²) in [7, 11) is 3.70. The summed E-state index contributed by atoms with van der Waals surface area (Å²) in [6, 6.07) is -1.18. The minimum atomic E-state index is -0.689. The Balaban J connectivity index is 2.27. The lowest BCUT2D eigenvalue weighted by Crippen LogP contribution is -2.58. The first-order valence-corrected chi connectivity index (χ1v) is 14.2. The molecule has 0 spiro atoms. The normalized spacial score (nSPS) is 19.5. The molecule has 9 nitrogen and oxygen atoms in total. The summed E-state index contributed by atoms with van der Waals surface area (Å²) in [5.41, 5.74) is 0.329. The van der Waals surface area contributed by atoms with E-state index in [0.29, 0.717) is 17.1 Å². The predicted molar refractivity (Wildman–Crippen MR) is 144 cm³/mol. The van der Waals surface area contributed by atoms with Crippen molar-refractivity contribution < 1.29 is 23.9 Å². The van der Waals surface area contributed by atoms with Gasteiger partial charge in [0.15, 0.2) is 11.9 Å². The monoisotopic (exact) mass is 536 g/mol. The number of thiazole rings is 1. The number of esters is 1. The number of nitrogens with zero attached hydrogens (tertiary/aromatic N) is 3. The molecule has 0 saturated carbocycles. The Bertz CT molecular complexity index is 949. The minimum Gasteiger partial charge on any atom is -0.455 e. The van der Waals surface area contributed by atoms with Gasteiger partial charge in [0, 0.05) is 38.7 Å². The first-order valence-electron chi connectivity index (χ1n) is 13.3. The molecule has 0 radical (unpaired) electrons. The molecular formula is C27H44N4O5S. The van der Waals surface area contributed by atoms with Crippen LogP contribution in [0.1, 0.15) is 95.2 Å². The van der Waals surface area contributed by atoms with Crippen LogP contribution in [0.2, 0.25) is 0 Å². The maximum atomic E-state index is 13.9. The maximum Gasteiger partial charge on any atom is 0.303 e. The second kappa shape index (κ2) is 14.0. The number of ketones is 1. The molecule has 1 aromatic rings. The second-order valence-electron chi connectivity index (χ2n) is 10.6. The first kappa shape index (κ1) is 30.9. The number of hydrogen-bond donors (Lipinski definition) is 1. The SMILES string of the molecule is CC[C@H](C)[C@H](NC(=O)[C@H]1CCCCN1C)C(=O)N(C)[C@H](C[C@@H](OC(C)=O)c1nc(C(C)=O)cs1)C(C)C. The van der Waals surface area contributed by atoms with Gasteiger partial charge in [-0.05, 0) is 38.3 Å². The number of hydrogen-bond acceptors (Lipinski definition) is 8. The lowest BCUT2D eigenvalue weighted by atomic mass is 9.92. The van der Waals surface area contributed by atoms with E-state index in [4.69, 9.17) is 4.74 Å². The average molecular weight is 537 g/mol. The van der Waals surface area contributed by atoms with E-state index >= 15 is 0 Å². The van der Waals surface area contributed by atoms with E-state index < -0.39 is 18.1 Å². The van der Waals surface area contributed by atoms with Crippen LogP contribution in [0, 0.1) is 11.8 Å². The van der Waals surface area contributed by atoms with Crippen LogP contribution in [-0.2, 0) is 19.1 Å². The zero-order valence-electron chi connectivity index (χ0n) is 23.6. The van der Waals surface area contributed by atoms with Gasteiger partial charge in [-0.25, -0.2) is 4.98 Å². The van der Waals surface area contributed by atoms with E-state index in [-0.39, 0.29) is 41.5 Å². The lowest BCUT2D eigenvalue weighted by Gasteiger charge is -2.38. The molecule has 1 fully saturated rings. The molecule has 208 valence electrons. The molecule has 0 aromatic carbocycles. The molecule has 1 saturated heterocycles. The summed E-state index contributed by atoms with van der Waals surface area (Å²) < 4.78 is 5.61. The Labute approximate surface area is 225 Å². The summed E-state index contributed by atoms with van der Waals surface area (Å²) >= 11 is 1.27. The van der Waals surface area contributed by atoms with Gasteiger partial charge in [-0.15, -0.1) is 11.3 Å². The Morgan fingerprint density at radius 2 is 1.89 bits per heavy atom. The molecule has 1 aliphatic heterocycles. The largest absolute Gasteiger partial charge is 0.455 e. The third kappa shape index (κ3) is 8.33. The summed E-state index contributed by atoms with van der Waals surface area (Å²) in [6.45, 7) is 11.7. The number of rotatable bonds is 12. The fraction of sp³-hybridized carbons (Fsp3) is 0.741. The zero-order valence-corrected chi connectivity index (χ0v) is 24.4. The predicted octanol–water partition coefficient (Wildman–Crippen LogP) is 3.84. The summed E-state index contributed by atoms with van der Waals surface area (Å²) in [4.78, 5) is 58.9. The molecule has 1 aliphatic rings. The van der Waals surface area contributed by atoms with Crippen molar-refractivity contribution in [2.45, 2.75) is 97.9 Å². The number of likely N-dealkylation sites (N-methyl/N-ethyl adjacent to an activating group) is 2. The lowest BCUT2D eigenvalue weighted by molar-refractivity contribution is -0.149. The van der Waals surface area contributed by atoms with E-state index in [1.54, 1.807) is 17.3 Å². The zero-order chi connectivity index (χ0) is 27.9. The Morgan fingerprint density at radius 1 is 1.22 bits per heavy atom. The van der Waals surface area contributed by atoms with E-state index in [1.807, 2.05) is 34.7 Å². The highest BCUT2D eigenvalue weighted by Gasteiger charge is 2.37. The number of amides is 2. The van der Waals surface area contributed by atoms with Crippen molar-refractivity contribution in [2.24, 2.45) is 11.8 Å². The molecule has 2 amide bonds. The topological polar surface area (TPSA) is 109 Å². The van der Waals surface area contributed by atoms with Gasteiger partial charge < -0.3 is 15.0 Å². The third-order valence-electron chi connectivity index (χ3n) is 7.39. The van der Waals surface area contributed by atoms with Crippen molar-refractivity contribution in [2.75, 3.05) is 20.6 Å². The smallest absolute Gasteiger partial charge is 0.303 e. The van der Waals surface area contributed by atoms with E-state index in [1.165, 1.54) is 25.2 Å². The highest BCUT2D eigenvalue weighted by atomic mass is 32.1. The van der Waals surface area contributed by atoms with Gasteiger partial charge in [0.2, 0.25) is 11.8 Å². The van der Waals surface area contributed by atoms with Crippen molar-refractivity contribution in [3.8, 4) is 0 Å². The van der Waals surface area contributed by atoms with Crippen LogP contribution >= 0.6 is 11.3 Å². The third-order valence-corrected chi connectivity index (χ3v) is 8.32. The molecule has 2 rings (SSSR count). The van der Waals surface area contributed by atoms with Crippen LogP contribution in [0.3, 0.4) is 0 Å². The quantitative estimate of drug-likeness (QED) is 0.319. The van der Waals surface area contributed by atoms with E-state index in [0.717, 1.165) is 32.2 Å². The van der Waals surface area contributed by atoms with Gasteiger partial charge >= 0.3 is 5.97 Å². The van der Waals surface area contributed by atoms with Gasteiger partial charge in [0.25, 0.3) is 0 Å². The Morgan fingerprint density at radius 3 is 2.41 bits per heavy atom. The van der Waals surface area contributed by atoms with Crippen molar-refractivity contribution in [1.82, 2.24) is 20.1 Å². The van der Waals surface area contributed by atoms with Gasteiger partial charge in [-0.1, -0.05) is 40.5 Å². The molecule has 1 N–H and O–H groups in total. The number of nitrogens with one attached hydrogen (secondary N) is 1. The van der Waals surface area contributed by atoms with Crippen molar-refractivity contribution >= 4 is 34.9 Å². The molecule has 1 aromatic heterocycles. The van der Waals surface area contributed by atoms with Crippen LogP contribution in [0.5, 0.6) is 0 Å². The molecule has 0 aliphatic carbocycles. The number of Topliss-reactive ketones (excluding diaryl/α,β-unsaturated/α-hetero) is 1. The van der Waals surface area contributed by atoms with Crippen LogP contribution < -0.4 is 5.32 Å². The number of aromatic nitrogens is 1. The summed E-state index contributed by atoms with van der Waals surface area (Å²) in [5.74, 6) is -0.897. The van der Waals surface area contributed by atoms with Crippen molar-refractivity contribution in [3.05, 3.63) is 16.1 Å². The second-order valence-corrected chi connectivity index (χ2v) is 11.5. The molecule has 2 heterocycles. The van der Waals surface area contributed by atoms with E-state index in [2.05, 4.69) is 15.2 Å². The average Bonchev–Trinajstić information content (AvgIpc) is 3.34. The van der Waals surface area contributed by atoms with Crippen LogP contribution in [-0.4, -0.2) is 77.1 Å².